The second-order valence-corrected chi connectivity index (χ2v) is 9.86. The summed E-state index contributed by atoms with van der Waals surface area (Å²) in [7, 11) is 1.98. The van der Waals surface area contributed by atoms with Gasteiger partial charge in [0, 0.05) is 37.9 Å². The minimum Gasteiger partial charge on any atom is -0.404 e. The number of alkyl halides is 3. The topological polar surface area (TPSA) is 119 Å². The summed E-state index contributed by atoms with van der Waals surface area (Å²) in [5.74, 6) is -0.706. The van der Waals surface area contributed by atoms with Crippen LogP contribution in [0.5, 0.6) is 5.75 Å². The van der Waals surface area contributed by atoms with Crippen LogP contribution in [0.4, 0.5) is 24.7 Å². The molecule has 2 aromatic heterocycles. The summed E-state index contributed by atoms with van der Waals surface area (Å²) in [5, 5.41) is 2.86. The molecule has 1 saturated heterocycles. The lowest BCUT2D eigenvalue weighted by Gasteiger charge is -2.35. The van der Waals surface area contributed by atoms with Crippen molar-refractivity contribution in [3.63, 3.8) is 0 Å². The Hall–Kier alpha value is -4.49. The van der Waals surface area contributed by atoms with Gasteiger partial charge in [-0.2, -0.15) is 0 Å². The summed E-state index contributed by atoms with van der Waals surface area (Å²) in [6.45, 7) is 4.52. The fraction of sp³-hybridized carbons (Fsp3) is 0.286. The van der Waals surface area contributed by atoms with Gasteiger partial charge in [-0.15, -0.1) is 13.2 Å². The van der Waals surface area contributed by atoms with Crippen molar-refractivity contribution in [2.24, 2.45) is 0 Å². The summed E-state index contributed by atoms with van der Waals surface area (Å²) in [5.41, 5.74) is 7.20. The maximum atomic E-state index is 13.4. The molecule has 1 amide bonds. The third-order valence-electron chi connectivity index (χ3n) is 7.07. The molecule has 0 aliphatic carbocycles. The van der Waals surface area contributed by atoms with E-state index in [-0.39, 0.29) is 11.4 Å². The summed E-state index contributed by atoms with van der Waals surface area (Å²) < 4.78 is 44.9. The first-order chi connectivity index (χ1) is 19.5. The highest BCUT2D eigenvalue weighted by molar-refractivity contribution is 5.96. The summed E-state index contributed by atoms with van der Waals surface area (Å²) in [6, 6.07) is 11.6. The lowest BCUT2D eigenvalue weighted by Crippen LogP contribution is -2.51. The van der Waals surface area contributed by atoms with Gasteiger partial charge in [0.2, 0.25) is 5.91 Å². The van der Waals surface area contributed by atoms with Gasteiger partial charge in [0.15, 0.2) is 5.75 Å². The van der Waals surface area contributed by atoms with Gasteiger partial charge >= 0.3 is 6.36 Å². The molecular formula is C28H28F3N7O3. The zero-order valence-corrected chi connectivity index (χ0v) is 22.4. The van der Waals surface area contributed by atoms with Crippen LogP contribution >= 0.6 is 0 Å². The molecule has 1 unspecified atom stereocenters. The molecular weight excluding hydrogens is 539 g/mol. The van der Waals surface area contributed by atoms with Crippen molar-refractivity contribution in [2.45, 2.75) is 19.3 Å². The Kier molecular flexibility index (Phi) is 7.65. The van der Waals surface area contributed by atoms with Gasteiger partial charge in [-0.05, 0) is 62.0 Å². The van der Waals surface area contributed by atoms with Crippen molar-refractivity contribution in [1.82, 2.24) is 24.3 Å². The van der Waals surface area contributed by atoms with E-state index < -0.39 is 29.6 Å². The minimum atomic E-state index is -4.98. The molecule has 0 spiro atoms. The Morgan fingerprint density at radius 1 is 1.02 bits per heavy atom. The number of rotatable bonds is 6. The molecule has 1 atom stereocenters. The first kappa shape index (κ1) is 28.1. The standard InChI is InChI=1S/C28H28F3N7O3/c1-17(37-11-9-36(2)10-12-37)26(39)35-23-14-20(5-7-24(23)41-28(29,30)31)38-16-34-22-13-18(3-6-21(22)27(38)40)19-4-8-25(32)33-15-19/h3-8,13-17H,9-12H2,1-2H3,(H2,32,33)(H,35,39). The van der Waals surface area contributed by atoms with Gasteiger partial charge in [0.25, 0.3) is 5.56 Å². The van der Waals surface area contributed by atoms with E-state index in [0.717, 1.165) is 30.3 Å². The first-order valence-electron chi connectivity index (χ1n) is 12.9. The Labute approximate surface area is 233 Å². The van der Waals surface area contributed by atoms with Crippen LogP contribution in [0, 0.1) is 0 Å². The van der Waals surface area contributed by atoms with Crippen LogP contribution < -0.4 is 21.3 Å². The van der Waals surface area contributed by atoms with Crippen molar-refractivity contribution < 1.29 is 22.7 Å². The Morgan fingerprint density at radius 2 is 1.76 bits per heavy atom. The molecule has 0 bridgehead atoms. The molecule has 4 aromatic rings. The molecule has 10 nitrogen and oxygen atoms in total. The van der Waals surface area contributed by atoms with E-state index in [0.29, 0.717) is 29.8 Å². The number of pyridine rings is 1. The maximum Gasteiger partial charge on any atom is 0.573 e. The molecule has 3 heterocycles. The number of anilines is 2. The molecule has 13 heteroatoms. The van der Waals surface area contributed by atoms with Gasteiger partial charge < -0.3 is 20.7 Å². The Morgan fingerprint density at radius 3 is 2.44 bits per heavy atom. The van der Waals surface area contributed by atoms with E-state index in [4.69, 9.17) is 5.73 Å². The Bertz CT molecular complexity index is 1630. The third kappa shape index (κ3) is 6.31. The number of ether oxygens (including phenoxy) is 1. The van der Waals surface area contributed by atoms with Crippen molar-refractivity contribution in [2.75, 3.05) is 44.3 Å². The number of nitrogen functional groups attached to an aromatic ring is 1. The number of hydrogen-bond acceptors (Lipinski definition) is 8. The van der Waals surface area contributed by atoms with Crippen molar-refractivity contribution in [3.8, 4) is 22.6 Å². The van der Waals surface area contributed by atoms with E-state index in [2.05, 4.69) is 24.9 Å². The molecule has 0 radical (unpaired) electrons. The van der Waals surface area contributed by atoms with Crippen LogP contribution in [0.25, 0.3) is 27.7 Å². The Balaban J connectivity index is 1.47. The quantitative estimate of drug-likeness (QED) is 0.364. The summed E-state index contributed by atoms with van der Waals surface area (Å²) in [6.07, 6.45) is -2.08. The number of aromatic nitrogens is 3. The predicted molar refractivity (Wildman–Crippen MR) is 149 cm³/mol. The van der Waals surface area contributed by atoms with Gasteiger partial charge in [0.1, 0.15) is 12.1 Å². The van der Waals surface area contributed by atoms with Crippen LogP contribution in [0.2, 0.25) is 0 Å². The molecule has 5 rings (SSSR count). The average Bonchev–Trinajstić information content (AvgIpc) is 2.94. The number of fused-ring (bicyclic) bond motifs is 1. The van der Waals surface area contributed by atoms with Crippen molar-refractivity contribution in [3.05, 3.63) is 71.4 Å². The molecule has 1 aliphatic heterocycles. The smallest absolute Gasteiger partial charge is 0.404 e. The number of piperazine rings is 1. The molecule has 3 N–H and O–H groups in total. The fourth-order valence-electron chi connectivity index (χ4n) is 4.65. The number of halogens is 3. The lowest BCUT2D eigenvalue weighted by atomic mass is 10.1. The molecule has 214 valence electrons. The van der Waals surface area contributed by atoms with Gasteiger partial charge in [-0.25, -0.2) is 9.97 Å². The molecule has 1 fully saturated rings. The van der Waals surface area contributed by atoms with Gasteiger partial charge in [0.05, 0.1) is 28.3 Å². The van der Waals surface area contributed by atoms with Crippen LogP contribution in [0.3, 0.4) is 0 Å². The van der Waals surface area contributed by atoms with Gasteiger partial charge in [-0.3, -0.25) is 19.1 Å². The zero-order valence-electron chi connectivity index (χ0n) is 22.4. The first-order valence-corrected chi connectivity index (χ1v) is 12.9. The highest BCUT2D eigenvalue weighted by Gasteiger charge is 2.33. The number of nitrogens with zero attached hydrogens (tertiary/aromatic N) is 5. The van der Waals surface area contributed by atoms with Crippen molar-refractivity contribution >= 4 is 28.3 Å². The van der Waals surface area contributed by atoms with Crippen LogP contribution in [-0.2, 0) is 4.79 Å². The largest absolute Gasteiger partial charge is 0.573 e. The lowest BCUT2D eigenvalue weighted by molar-refractivity contribution is -0.274. The van der Waals surface area contributed by atoms with Crippen LogP contribution in [-0.4, -0.2) is 75.9 Å². The van der Waals surface area contributed by atoms with Gasteiger partial charge in [-0.1, -0.05) is 6.07 Å². The van der Waals surface area contributed by atoms with Crippen LogP contribution in [0.1, 0.15) is 6.92 Å². The number of nitrogens with two attached hydrogens (primary N) is 1. The predicted octanol–water partition coefficient (Wildman–Crippen LogP) is 3.50. The molecule has 1 aliphatic rings. The van der Waals surface area contributed by atoms with E-state index >= 15 is 0 Å². The molecule has 2 aromatic carbocycles. The molecule has 41 heavy (non-hydrogen) atoms. The SMILES string of the molecule is CC(C(=O)Nc1cc(-n2cnc3cc(-c4ccc(N)nc4)ccc3c2=O)ccc1OC(F)(F)F)N1CCN(C)CC1. The average molecular weight is 568 g/mol. The monoisotopic (exact) mass is 567 g/mol. The second kappa shape index (κ2) is 11.2. The minimum absolute atomic E-state index is 0.202. The number of nitrogens with one attached hydrogen (secondary N) is 1. The number of hydrogen-bond donors (Lipinski definition) is 2. The van der Waals surface area contributed by atoms with E-state index in [1.54, 1.807) is 43.5 Å². The number of carbonyl (C=O) groups is 1. The molecule has 0 saturated carbocycles. The maximum absolute atomic E-state index is 13.4. The van der Waals surface area contributed by atoms with E-state index in [1.165, 1.54) is 23.0 Å². The highest BCUT2D eigenvalue weighted by Crippen LogP contribution is 2.32. The zero-order chi connectivity index (χ0) is 29.3. The highest BCUT2D eigenvalue weighted by atomic mass is 19.4. The summed E-state index contributed by atoms with van der Waals surface area (Å²) in [4.78, 5) is 39.0. The van der Waals surface area contributed by atoms with Crippen LogP contribution in [0.15, 0.2) is 65.8 Å². The second-order valence-electron chi connectivity index (χ2n) is 9.86. The van der Waals surface area contributed by atoms with Crippen molar-refractivity contribution in [1.29, 1.82) is 0 Å². The fourth-order valence-corrected chi connectivity index (χ4v) is 4.65. The van der Waals surface area contributed by atoms with E-state index in [1.807, 2.05) is 11.9 Å². The summed E-state index contributed by atoms with van der Waals surface area (Å²) >= 11 is 0. The number of carbonyl (C=O) groups excluding carboxylic acids is 1. The number of benzene rings is 2. The number of amides is 1. The normalized spacial score (nSPS) is 15.5. The number of likely N-dealkylation sites (N-methyl/N-ethyl adjacent to an activating group) is 1. The third-order valence-corrected chi connectivity index (χ3v) is 7.07. The van der Waals surface area contributed by atoms with E-state index in [9.17, 15) is 22.8 Å².